The van der Waals surface area contributed by atoms with Crippen LogP contribution in [0.1, 0.15) is 64.3 Å². The number of ether oxygens (including phenoxy) is 1. The van der Waals surface area contributed by atoms with Crippen molar-refractivity contribution in [3.63, 3.8) is 0 Å². The second-order valence-corrected chi connectivity index (χ2v) is 11.0. The molecule has 2 heterocycles. The van der Waals surface area contributed by atoms with E-state index in [2.05, 4.69) is 5.32 Å². The molecule has 1 saturated heterocycles. The third-order valence-electron chi connectivity index (χ3n) is 6.04. The number of carbonyl (C=O) groups excluding carboxylic acids is 3. The van der Waals surface area contributed by atoms with Gasteiger partial charge in [-0.2, -0.15) is 0 Å². The van der Waals surface area contributed by atoms with Crippen LogP contribution >= 0.6 is 0 Å². The molecule has 186 valence electrons. The van der Waals surface area contributed by atoms with Crippen LogP contribution in [0.2, 0.25) is 0 Å². The molecule has 4 rings (SSSR count). The molecule has 3 amide bonds. The largest absolute Gasteiger partial charge is 0.372 e. The summed E-state index contributed by atoms with van der Waals surface area (Å²) in [6.45, 7) is 8.40. The van der Waals surface area contributed by atoms with Crippen LogP contribution in [0.15, 0.2) is 47.4 Å². The highest BCUT2D eigenvalue weighted by molar-refractivity contribution is 7.90. The van der Waals surface area contributed by atoms with Crippen LogP contribution < -0.4 is 5.32 Å². The van der Waals surface area contributed by atoms with E-state index in [1.807, 2.05) is 13.8 Å². The number of carbonyl (C=O) groups is 3. The standard InChI is InChI=1S/C25H29N3O6S/c1-15(2)28-25(31)21-10-9-20(11-22(21)35(28,32)33)23(29)26-12-18-5-7-19(8-6-18)24(30)27-13-16(3)34-17(4)14-27/h5-11,15-17H,12-14H2,1-4H3,(H,26,29). The Labute approximate surface area is 205 Å². The van der Waals surface area contributed by atoms with Crippen molar-refractivity contribution >= 4 is 27.7 Å². The molecule has 2 aliphatic rings. The summed E-state index contributed by atoms with van der Waals surface area (Å²) in [5, 5.41) is 2.76. The van der Waals surface area contributed by atoms with E-state index in [0.717, 1.165) is 9.87 Å². The molecule has 0 aromatic heterocycles. The van der Waals surface area contributed by atoms with Gasteiger partial charge in [0.25, 0.3) is 27.7 Å². The molecule has 0 spiro atoms. The Balaban J connectivity index is 1.41. The molecule has 2 aromatic rings. The van der Waals surface area contributed by atoms with Gasteiger partial charge < -0.3 is 15.0 Å². The predicted molar refractivity (Wildman–Crippen MR) is 128 cm³/mol. The highest BCUT2D eigenvalue weighted by atomic mass is 32.2. The van der Waals surface area contributed by atoms with Gasteiger partial charge in [0, 0.05) is 36.8 Å². The van der Waals surface area contributed by atoms with Crippen molar-refractivity contribution in [1.29, 1.82) is 0 Å². The van der Waals surface area contributed by atoms with Gasteiger partial charge in [0.1, 0.15) is 4.90 Å². The molecule has 2 aliphatic heterocycles. The molecular weight excluding hydrogens is 470 g/mol. The lowest BCUT2D eigenvalue weighted by Gasteiger charge is -2.35. The zero-order valence-corrected chi connectivity index (χ0v) is 21.0. The van der Waals surface area contributed by atoms with Gasteiger partial charge in [-0.05, 0) is 63.6 Å². The minimum atomic E-state index is -3.99. The Kier molecular flexibility index (Phi) is 6.70. The maximum absolute atomic E-state index is 12.8. The van der Waals surface area contributed by atoms with Gasteiger partial charge in [0.05, 0.1) is 17.8 Å². The lowest BCUT2D eigenvalue weighted by atomic mass is 10.1. The molecule has 1 N–H and O–H groups in total. The van der Waals surface area contributed by atoms with Gasteiger partial charge >= 0.3 is 0 Å². The number of benzene rings is 2. The predicted octanol–water partition coefficient (Wildman–Crippen LogP) is 2.42. The van der Waals surface area contributed by atoms with Crippen LogP contribution in [-0.4, -0.2) is 66.7 Å². The number of nitrogens with one attached hydrogen (secondary N) is 1. The Bertz CT molecular complexity index is 1260. The molecule has 2 aromatic carbocycles. The van der Waals surface area contributed by atoms with E-state index in [1.165, 1.54) is 18.2 Å². The monoisotopic (exact) mass is 499 g/mol. The summed E-state index contributed by atoms with van der Waals surface area (Å²) >= 11 is 0. The molecule has 35 heavy (non-hydrogen) atoms. The smallest absolute Gasteiger partial charge is 0.269 e. The maximum Gasteiger partial charge on any atom is 0.269 e. The summed E-state index contributed by atoms with van der Waals surface area (Å²) in [6, 6.07) is 10.5. The fourth-order valence-electron chi connectivity index (χ4n) is 4.48. The number of rotatable bonds is 5. The van der Waals surface area contributed by atoms with Crippen LogP contribution in [-0.2, 0) is 21.3 Å². The molecule has 0 bridgehead atoms. The lowest BCUT2D eigenvalue weighted by Crippen LogP contribution is -2.48. The molecule has 0 radical (unpaired) electrons. The number of sulfonamides is 1. The Hall–Kier alpha value is -3.24. The summed E-state index contributed by atoms with van der Waals surface area (Å²) in [5.74, 6) is -1.11. The van der Waals surface area contributed by atoms with E-state index in [4.69, 9.17) is 4.74 Å². The van der Waals surface area contributed by atoms with Crippen LogP contribution in [0.25, 0.3) is 0 Å². The Morgan fingerprint density at radius 1 is 1.03 bits per heavy atom. The SMILES string of the molecule is CC1CN(C(=O)c2ccc(CNC(=O)c3ccc4c(c3)S(=O)(=O)N(C(C)C)C4=O)cc2)CC(C)O1. The van der Waals surface area contributed by atoms with E-state index < -0.39 is 27.9 Å². The fraction of sp³-hybridized carbons (Fsp3) is 0.400. The van der Waals surface area contributed by atoms with Gasteiger partial charge in [0.15, 0.2) is 0 Å². The van der Waals surface area contributed by atoms with Crippen molar-refractivity contribution < 1.29 is 27.5 Å². The van der Waals surface area contributed by atoms with Crippen LogP contribution in [0.5, 0.6) is 0 Å². The maximum atomic E-state index is 12.8. The van der Waals surface area contributed by atoms with Crippen molar-refractivity contribution in [3.8, 4) is 0 Å². The van der Waals surface area contributed by atoms with Gasteiger partial charge in [-0.1, -0.05) is 12.1 Å². The molecule has 0 saturated carbocycles. The van der Waals surface area contributed by atoms with Crippen molar-refractivity contribution in [3.05, 3.63) is 64.7 Å². The molecular formula is C25H29N3O6S. The number of fused-ring (bicyclic) bond motifs is 1. The number of nitrogens with zero attached hydrogens (tertiary/aromatic N) is 2. The zero-order chi connectivity index (χ0) is 25.5. The number of hydrogen-bond donors (Lipinski definition) is 1. The first-order chi connectivity index (χ1) is 16.5. The molecule has 0 aliphatic carbocycles. The van der Waals surface area contributed by atoms with Crippen molar-refractivity contribution in [2.45, 2.75) is 57.4 Å². The molecule has 2 atom stereocenters. The van der Waals surface area contributed by atoms with E-state index in [0.29, 0.717) is 18.7 Å². The molecule has 2 unspecified atom stereocenters. The van der Waals surface area contributed by atoms with Crippen LogP contribution in [0.4, 0.5) is 0 Å². The first kappa shape index (κ1) is 24.9. The van der Waals surface area contributed by atoms with E-state index in [1.54, 1.807) is 43.0 Å². The second kappa shape index (κ2) is 9.43. The zero-order valence-electron chi connectivity index (χ0n) is 20.1. The van der Waals surface area contributed by atoms with Gasteiger partial charge in [-0.25, -0.2) is 12.7 Å². The van der Waals surface area contributed by atoms with E-state index in [9.17, 15) is 22.8 Å². The summed E-state index contributed by atoms with van der Waals surface area (Å²) < 4.78 is 32.0. The Morgan fingerprint density at radius 3 is 2.23 bits per heavy atom. The minimum Gasteiger partial charge on any atom is -0.372 e. The van der Waals surface area contributed by atoms with Crippen molar-refractivity contribution in [1.82, 2.24) is 14.5 Å². The summed E-state index contributed by atoms with van der Waals surface area (Å²) in [7, 11) is -3.99. The Morgan fingerprint density at radius 2 is 1.63 bits per heavy atom. The minimum absolute atomic E-state index is 0.0158. The summed E-state index contributed by atoms with van der Waals surface area (Å²) in [4.78, 5) is 39.6. The number of hydrogen-bond acceptors (Lipinski definition) is 6. The van der Waals surface area contributed by atoms with Gasteiger partial charge in [-0.15, -0.1) is 0 Å². The summed E-state index contributed by atoms with van der Waals surface area (Å²) in [6.07, 6.45) is -0.0316. The fourth-order valence-corrected chi connectivity index (χ4v) is 6.27. The van der Waals surface area contributed by atoms with E-state index >= 15 is 0 Å². The quantitative estimate of drug-likeness (QED) is 0.676. The summed E-state index contributed by atoms with van der Waals surface area (Å²) in [5.41, 5.74) is 1.56. The molecule has 10 heteroatoms. The van der Waals surface area contributed by atoms with Crippen LogP contribution in [0, 0.1) is 0 Å². The molecule has 1 fully saturated rings. The lowest BCUT2D eigenvalue weighted by molar-refractivity contribution is -0.0586. The number of amides is 3. The number of morpholine rings is 1. The third kappa shape index (κ3) is 4.81. The first-order valence-electron chi connectivity index (χ1n) is 11.5. The topological polar surface area (TPSA) is 113 Å². The second-order valence-electron chi connectivity index (χ2n) is 9.26. The third-order valence-corrected chi connectivity index (χ3v) is 8.04. The van der Waals surface area contributed by atoms with Gasteiger partial charge in [0.2, 0.25) is 0 Å². The van der Waals surface area contributed by atoms with Crippen molar-refractivity contribution in [2.75, 3.05) is 13.1 Å². The van der Waals surface area contributed by atoms with Gasteiger partial charge in [-0.3, -0.25) is 14.4 Å². The highest BCUT2D eigenvalue weighted by Crippen LogP contribution is 2.32. The first-order valence-corrected chi connectivity index (χ1v) is 13.0. The average molecular weight is 500 g/mol. The normalized spacial score (nSPS) is 21.2. The highest BCUT2D eigenvalue weighted by Gasteiger charge is 2.43. The van der Waals surface area contributed by atoms with Crippen LogP contribution in [0.3, 0.4) is 0 Å². The van der Waals surface area contributed by atoms with E-state index in [-0.39, 0.29) is 40.7 Å². The molecule has 9 nitrogen and oxygen atoms in total. The average Bonchev–Trinajstić information content (AvgIpc) is 3.01. The van der Waals surface area contributed by atoms with Crippen molar-refractivity contribution in [2.24, 2.45) is 0 Å².